The molecule has 0 spiro atoms. The molecule has 0 saturated heterocycles. The zero-order valence-corrected chi connectivity index (χ0v) is 37.8. The minimum Gasteiger partial charge on any atom is -0.396 e. The van der Waals surface area contributed by atoms with E-state index in [-0.39, 0.29) is 42.4 Å². The fourth-order valence-corrected chi connectivity index (χ4v) is 11.7. The molecule has 4 heterocycles. The number of halogens is 1. The quantitative estimate of drug-likeness (QED) is 0.0511. The molecule has 2 saturated carbocycles. The third-order valence-corrected chi connectivity index (χ3v) is 15.5. The molecule has 2 fully saturated rings. The molecule has 0 aliphatic heterocycles. The SMILES string of the molecule is CCCNc1nc(C)c(-c2nc3cc(CC4C(CO)CCC4(C)Nc4nc(NCCC)nc(Cl)c4-c4nc5ccccc5s4)ccc3s2)c(NC2(C)CCC(CO)C2C)n1. The number of aromatic nitrogens is 6. The normalized spacial score (nSPS) is 24.1. The van der Waals surface area contributed by atoms with Gasteiger partial charge in [-0.3, -0.25) is 0 Å². The average Bonchev–Trinajstić information content (AvgIpc) is 3.99. The third kappa shape index (κ3) is 8.37. The van der Waals surface area contributed by atoms with Crippen molar-refractivity contribution in [3.8, 4) is 21.1 Å². The maximum atomic E-state index is 10.8. The Kier molecular flexibility index (Phi) is 12.5. The smallest absolute Gasteiger partial charge is 0.226 e. The van der Waals surface area contributed by atoms with Crippen LogP contribution >= 0.6 is 34.3 Å². The number of benzene rings is 2. The standard InChI is InChI=1S/C45H57ClN10O2S2/c1-7-19-47-42-49-26(4)35(38(53-42)55-44(5)17-15-28(23-57)25(44)3)40-51-32-22-27(13-14-34(32)60-40)21-30-29(24-58)16-18-45(30,6)56-39-36(37(46)52-43(54-39)48-20-8-2)41-50-31-11-9-10-12-33(31)59-41/h9-14,22,25,28-30,57-58H,7-8,15-21,23-24H2,1-6H3,(H2,47,49,53,55)(H2,48,52,54,56). The van der Waals surface area contributed by atoms with Gasteiger partial charge in [0.15, 0.2) is 0 Å². The first kappa shape index (κ1) is 42.5. The molecule has 318 valence electrons. The van der Waals surface area contributed by atoms with Crippen LogP contribution < -0.4 is 21.3 Å². The van der Waals surface area contributed by atoms with Crippen molar-refractivity contribution in [2.75, 3.05) is 47.6 Å². The molecule has 15 heteroatoms. The topological polar surface area (TPSA) is 166 Å². The average molecular weight is 870 g/mol. The Morgan fingerprint density at radius 3 is 2.02 bits per heavy atom. The lowest BCUT2D eigenvalue weighted by molar-refractivity contribution is 0.177. The molecule has 0 amide bonds. The van der Waals surface area contributed by atoms with Gasteiger partial charge < -0.3 is 31.5 Å². The molecule has 4 aromatic heterocycles. The van der Waals surface area contributed by atoms with Crippen molar-refractivity contribution >= 4 is 78.2 Å². The Balaban J connectivity index is 1.12. The van der Waals surface area contributed by atoms with Crippen LogP contribution in [0.2, 0.25) is 5.15 Å². The Morgan fingerprint density at radius 1 is 0.733 bits per heavy atom. The van der Waals surface area contributed by atoms with E-state index >= 15 is 0 Å². The van der Waals surface area contributed by atoms with Crippen LogP contribution in [-0.2, 0) is 6.42 Å². The van der Waals surface area contributed by atoms with E-state index in [2.05, 4.69) is 85.1 Å². The van der Waals surface area contributed by atoms with Crippen molar-refractivity contribution in [1.29, 1.82) is 0 Å². The van der Waals surface area contributed by atoms with Gasteiger partial charge in [-0.05, 0) is 119 Å². The number of rotatable bonds is 16. The van der Waals surface area contributed by atoms with Gasteiger partial charge in [-0.25, -0.2) is 19.9 Å². The number of nitrogens with one attached hydrogen (secondary N) is 4. The highest BCUT2D eigenvalue weighted by molar-refractivity contribution is 7.22. The first-order valence-corrected chi connectivity index (χ1v) is 23.4. The summed E-state index contributed by atoms with van der Waals surface area (Å²) in [6.07, 6.45) is 6.25. The summed E-state index contributed by atoms with van der Waals surface area (Å²) in [6, 6.07) is 14.7. The molecule has 2 aliphatic carbocycles. The summed E-state index contributed by atoms with van der Waals surface area (Å²) < 4.78 is 2.15. The second kappa shape index (κ2) is 17.6. The predicted molar refractivity (Wildman–Crippen MR) is 249 cm³/mol. The van der Waals surface area contributed by atoms with Crippen molar-refractivity contribution < 1.29 is 10.2 Å². The Labute approximate surface area is 365 Å². The highest BCUT2D eigenvalue weighted by Crippen LogP contribution is 2.48. The van der Waals surface area contributed by atoms with E-state index in [1.54, 1.807) is 22.7 Å². The summed E-state index contributed by atoms with van der Waals surface area (Å²) in [5.41, 5.74) is 4.79. The van der Waals surface area contributed by atoms with Crippen LogP contribution in [0.5, 0.6) is 0 Å². The maximum absolute atomic E-state index is 10.8. The molecule has 8 rings (SSSR count). The molecule has 6 unspecified atom stereocenters. The second-order valence-corrected chi connectivity index (χ2v) is 19.6. The molecular formula is C45H57ClN10O2S2. The van der Waals surface area contributed by atoms with E-state index in [4.69, 9.17) is 36.5 Å². The van der Waals surface area contributed by atoms with E-state index in [1.165, 1.54) is 0 Å². The molecule has 0 bridgehead atoms. The zero-order valence-electron chi connectivity index (χ0n) is 35.4. The maximum Gasteiger partial charge on any atom is 0.226 e. The third-order valence-electron chi connectivity index (χ3n) is 13.1. The van der Waals surface area contributed by atoms with Crippen molar-refractivity contribution in [1.82, 2.24) is 29.9 Å². The summed E-state index contributed by atoms with van der Waals surface area (Å²) in [5.74, 6) is 3.17. The van der Waals surface area contributed by atoms with Gasteiger partial charge in [0.2, 0.25) is 11.9 Å². The largest absolute Gasteiger partial charge is 0.396 e. The van der Waals surface area contributed by atoms with Crippen molar-refractivity contribution in [2.45, 2.75) is 97.6 Å². The summed E-state index contributed by atoms with van der Waals surface area (Å²) in [6.45, 7) is 14.8. The number of aliphatic hydroxyl groups excluding tert-OH is 2. The predicted octanol–water partition coefficient (Wildman–Crippen LogP) is 10.1. The molecule has 6 atom stereocenters. The van der Waals surface area contributed by atoms with Crippen LogP contribution in [0.4, 0.5) is 23.5 Å². The molecule has 6 N–H and O–H groups in total. The number of hydrogen-bond acceptors (Lipinski definition) is 14. The number of thiazole rings is 2. The van der Waals surface area contributed by atoms with Crippen LogP contribution in [0.1, 0.15) is 84.4 Å². The molecular weight excluding hydrogens is 812 g/mol. The first-order valence-electron chi connectivity index (χ1n) is 21.4. The molecule has 60 heavy (non-hydrogen) atoms. The van der Waals surface area contributed by atoms with Crippen molar-refractivity contribution in [3.05, 3.63) is 58.9 Å². The molecule has 0 radical (unpaired) electrons. The monoisotopic (exact) mass is 868 g/mol. The van der Waals surface area contributed by atoms with E-state index in [1.807, 2.05) is 25.1 Å². The van der Waals surface area contributed by atoms with Gasteiger partial charge in [0.05, 0.1) is 37.3 Å². The van der Waals surface area contributed by atoms with E-state index in [9.17, 15) is 10.2 Å². The number of aliphatic hydroxyl groups is 2. The highest BCUT2D eigenvalue weighted by Gasteiger charge is 2.46. The molecule has 2 aromatic carbocycles. The lowest BCUT2D eigenvalue weighted by atomic mass is 9.80. The second-order valence-electron chi connectivity index (χ2n) is 17.2. The van der Waals surface area contributed by atoms with E-state index in [0.29, 0.717) is 28.4 Å². The number of hydrogen-bond donors (Lipinski definition) is 6. The van der Waals surface area contributed by atoms with Gasteiger partial charge in [-0.2, -0.15) is 9.97 Å². The number of para-hydroxylation sites is 1. The van der Waals surface area contributed by atoms with Crippen LogP contribution in [0.15, 0.2) is 42.5 Å². The Hall–Kier alpha value is -4.21. The van der Waals surface area contributed by atoms with Crippen LogP contribution in [0, 0.1) is 30.6 Å². The lowest BCUT2D eigenvalue weighted by Gasteiger charge is -2.36. The van der Waals surface area contributed by atoms with Gasteiger partial charge in [-0.15, -0.1) is 22.7 Å². The summed E-state index contributed by atoms with van der Waals surface area (Å²) in [4.78, 5) is 29.8. The van der Waals surface area contributed by atoms with Gasteiger partial charge >= 0.3 is 0 Å². The number of anilines is 4. The Morgan fingerprint density at radius 2 is 1.33 bits per heavy atom. The van der Waals surface area contributed by atoms with E-state index < -0.39 is 5.54 Å². The first-order chi connectivity index (χ1) is 28.9. The van der Waals surface area contributed by atoms with Gasteiger partial charge in [-0.1, -0.05) is 50.6 Å². The summed E-state index contributed by atoms with van der Waals surface area (Å²) >= 11 is 10.2. The number of fused-ring (bicyclic) bond motifs is 2. The van der Waals surface area contributed by atoms with Crippen LogP contribution in [0.25, 0.3) is 41.6 Å². The van der Waals surface area contributed by atoms with E-state index in [0.717, 1.165) is 111 Å². The van der Waals surface area contributed by atoms with Crippen molar-refractivity contribution in [2.24, 2.45) is 23.7 Å². The molecule has 6 aromatic rings. The van der Waals surface area contributed by atoms with Gasteiger partial charge in [0.25, 0.3) is 0 Å². The highest BCUT2D eigenvalue weighted by atomic mass is 35.5. The van der Waals surface area contributed by atoms with Crippen LogP contribution in [-0.4, -0.2) is 77.5 Å². The fraction of sp³-hybridized carbons (Fsp3) is 0.511. The zero-order chi connectivity index (χ0) is 42.2. The molecule has 2 aliphatic rings. The van der Waals surface area contributed by atoms with Crippen LogP contribution in [0.3, 0.4) is 0 Å². The molecule has 12 nitrogen and oxygen atoms in total. The number of nitrogens with zero attached hydrogens (tertiary/aromatic N) is 6. The summed E-state index contributed by atoms with van der Waals surface area (Å²) in [5, 5.41) is 37.3. The Bertz CT molecular complexity index is 2450. The van der Waals surface area contributed by atoms with Gasteiger partial charge in [0, 0.05) is 37.4 Å². The fourth-order valence-electron chi connectivity index (χ4n) is 9.31. The minimum absolute atomic E-state index is 0.0774. The lowest BCUT2D eigenvalue weighted by Crippen LogP contribution is -2.42. The van der Waals surface area contributed by atoms with Gasteiger partial charge in [0.1, 0.15) is 26.8 Å². The summed E-state index contributed by atoms with van der Waals surface area (Å²) in [7, 11) is 0. The minimum atomic E-state index is -0.425. The van der Waals surface area contributed by atoms with Crippen molar-refractivity contribution in [3.63, 3.8) is 0 Å². The number of aryl methyl sites for hydroxylation is 1.